The van der Waals surface area contributed by atoms with Gasteiger partial charge in [-0.05, 0) is 62.2 Å². The van der Waals surface area contributed by atoms with Gasteiger partial charge in [0.2, 0.25) is 0 Å². The molecule has 1 heterocycles. The Balaban J connectivity index is 1.71. The first kappa shape index (κ1) is 14.8. The standard InChI is InChI=1S/C15H22ClFN2/c1-12(11-19-6-2-3-7-19)9-18-10-13-8-14(17)4-5-15(13)16/h4-5,8,12,18H,2-3,6-7,9-11H2,1H3. The maximum atomic E-state index is 13.1. The van der Waals surface area contributed by atoms with E-state index in [1.807, 2.05) is 0 Å². The zero-order valence-corrected chi connectivity index (χ0v) is 12.2. The van der Waals surface area contributed by atoms with Crippen molar-refractivity contribution in [3.8, 4) is 0 Å². The molecule has 1 N–H and O–H groups in total. The van der Waals surface area contributed by atoms with E-state index in [4.69, 9.17) is 11.6 Å². The summed E-state index contributed by atoms with van der Waals surface area (Å²) in [5.41, 5.74) is 0.829. The second kappa shape index (κ2) is 7.22. The summed E-state index contributed by atoms with van der Waals surface area (Å²) in [5, 5.41) is 3.99. The zero-order chi connectivity index (χ0) is 13.7. The molecule has 0 aliphatic carbocycles. The highest BCUT2D eigenvalue weighted by atomic mass is 35.5. The highest BCUT2D eigenvalue weighted by Crippen LogP contribution is 2.17. The second-order valence-corrected chi connectivity index (χ2v) is 5.89. The van der Waals surface area contributed by atoms with Gasteiger partial charge in [-0.2, -0.15) is 0 Å². The van der Waals surface area contributed by atoms with Gasteiger partial charge in [-0.3, -0.25) is 0 Å². The van der Waals surface area contributed by atoms with E-state index in [0.717, 1.165) is 18.7 Å². The molecule has 0 amide bonds. The van der Waals surface area contributed by atoms with Crippen molar-refractivity contribution >= 4 is 11.6 Å². The smallest absolute Gasteiger partial charge is 0.123 e. The average Bonchev–Trinajstić information content (AvgIpc) is 2.86. The molecule has 0 radical (unpaired) electrons. The fourth-order valence-electron chi connectivity index (χ4n) is 2.60. The molecule has 0 spiro atoms. The van der Waals surface area contributed by atoms with Crippen molar-refractivity contribution < 1.29 is 4.39 Å². The van der Waals surface area contributed by atoms with Gasteiger partial charge in [0.1, 0.15) is 5.82 Å². The number of hydrogen-bond donors (Lipinski definition) is 1. The first-order valence-electron chi connectivity index (χ1n) is 7.02. The maximum absolute atomic E-state index is 13.1. The van der Waals surface area contributed by atoms with Crippen LogP contribution in [0.3, 0.4) is 0 Å². The van der Waals surface area contributed by atoms with Crippen LogP contribution in [0.15, 0.2) is 18.2 Å². The molecule has 106 valence electrons. The van der Waals surface area contributed by atoms with Gasteiger partial charge in [-0.1, -0.05) is 18.5 Å². The Hall–Kier alpha value is -0.640. The molecule has 4 heteroatoms. The molecule has 1 aromatic rings. The number of nitrogens with one attached hydrogen (secondary N) is 1. The van der Waals surface area contributed by atoms with E-state index in [9.17, 15) is 4.39 Å². The maximum Gasteiger partial charge on any atom is 0.123 e. The predicted octanol–water partition coefficient (Wildman–Crippen LogP) is 3.30. The van der Waals surface area contributed by atoms with Crippen LogP contribution in [0.4, 0.5) is 4.39 Å². The van der Waals surface area contributed by atoms with Crippen LogP contribution in [0.25, 0.3) is 0 Å². The van der Waals surface area contributed by atoms with Gasteiger partial charge in [-0.25, -0.2) is 4.39 Å². The first-order chi connectivity index (χ1) is 9.15. The minimum absolute atomic E-state index is 0.230. The Morgan fingerprint density at radius 2 is 2.11 bits per heavy atom. The van der Waals surface area contributed by atoms with E-state index >= 15 is 0 Å². The van der Waals surface area contributed by atoms with Gasteiger partial charge in [-0.15, -0.1) is 0 Å². The van der Waals surface area contributed by atoms with Gasteiger partial charge >= 0.3 is 0 Å². The Bertz CT molecular complexity index is 405. The van der Waals surface area contributed by atoms with Gasteiger partial charge in [0.15, 0.2) is 0 Å². The van der Waals surface area contributed by atoms with Crippen molar-refractivity contribution in [2.75, 3.05) is 26.2 Å². The largest absolute Gasteiger partial charge is 0.312 e. The van der Waals surface area contributed by atoms with E-state index in [2.05, 4.69) is 17.1 Å². The molecule has 19 heavy (non-hydrogen) atoms. The summed E-state index contributed by atoms with van der Waals surface area (Å²) in [6.45, 7) is 7.42. The lowest BCUT2D eigenvalue weighted by atomic mass is 10.1. The summed E-state index contributed by atoms with van der Waals surface area (Å²) in [6.07, 6.45) is 2.66. The second-order valence-electron chi connectivity index (χ2n) is 5.48. The number of halogens is 2. The van der Waals surface area contributed by atoms with Gasteiger partial charge < -0.3 is 10.2 Å². The van der Waals surface area contributed by atoms with Crippen LogP contribution in [0.1, 0.15) is 25.3 Å². The van der Waals surface area contributed by atoms with Crippen LogP contribution < -0.4 is 5.32 Å². The number of rotatable bonds is 6. The Labute approximate surface area is 119 Å². The van der Waals surface area contributed by atoms with E-state index in [0.29, 0.717) is 17.5 Å². The van der Waals surface area contributed by atoms with Crippen molar-refractivity contribution in [2.24, 2.45) is 5.92 Å². The number of likely N-dealkylation sites (tertiary alicyclic amines) is 1. The summed E-state index contributed by atoms with van der Waals surface area (Å²) < 4.78 is 13.1. The number of nitrogens with zero attached hydrogens (tertiary/aromatic N) is 1. The minimum atomic E-state index is -0.230. The van der Waals surface area contributed by atoms with Crippen molar-refractivity contribution in [1.29, 1.82) is 0 Å². The molecule has 1 atom stereocenters. The molecule has 2 nitrogen and oxygen atoms in total. The predicted molar refractivity (Wildman–Crippen MR) is 78.0 cm³/mol. The molecule has 0 saturated carbocycles. The molecule has 1 fully saturated rings. The summed E-state index contributed by atoms with van der Waals surface area (Å²) in [6, 6.07) is 4.50. The quantitative estimate of drug-likeness (QED) is 0.862. The zero-order valence-electron chi connectivity index (χ0n) is 11.5. The van der Waals surface area contributed by atoms with E-state index in [1.165, 1.54) is 38.1 Å². The van der Waals surface area contributed by atoms with Crippen LogP contribution >= 0.6 is 11.6 Å². The molecular weight excluding hydrogens is 263 g/mol. The SMILES string of the molecule is CC(CNCc1cc(F)ccc1Cl)CN1CCCC1. The minimum Gasteiger partial charge on any atom is -0.312 e. The lowest BCUT2D eigenvalue weighted by Crippen LogP contribution is -2.31. The third kappa shape index (κ3) is 4.75. The Kier molecular flexibility index (Phi) is 5.61. The van der Waals surface area contributed by atoms with Crippen molar-refractivity contribution in [2.45, 2.75) is 26.3 Å². The topological polar surface area (TPSA) is 15.3 Å². The fraction of sp³-hybridized carbons (Fsp3) is 0.600. The summed E-state index contributed by atoms with van der Waals surface area (Å²) >= 11 is 6.03. The van der Waals surface area contributed by atoms with Crippen molar-refractivity contribution in [3.63, 3.8) is 0 Å². The van der Waals surface area contributed by atoms with Crippen LogP contribution in [-0.4, -0.2) is 31.1 Å². The summed E-state index contributed by atoms with van der Waals surface area (Å²) in [5.74, 6) is 0.372. The van der Waals surface area contributed by atoms with Crippen LogP contribution in [0.5, 0.6) is 0 Å². The van der Waals surface area contributed by atoms with E-state index in [1.54, 1.807) is 6.07 Å². The third-order valence-corrected chi connectivity index (χ3v) is 3.95. The van der Waals surface area contributed by atoms with Gasteiger partial charge in [0.25, 0.3) is 0 Å². The molecular formula is C15H22ClFN2. The first-order valence-corrected chi connectivity index (χ1v) is 7.40. The van der Waals surface area contributed by atoms with Crippen LogP contribution in [-0.2, 0) is 6.54 Å². The highest BCUT2D eigenvalue weighted by molar-refractivity contribution is 6.31. The molecule has 2 rings (SSSR count). The number of hydrogen-bond acceptors (Lipinski definition) is 2. The van der Waals surface area contributed by atoms with Crippen molar-refractivity contribution in [3.05, 3.63) is 34.6 Å². The molecule has 0 bridgehead atoms. The molecule has 1 aromatic carbocycles. The molecule has 1 aliphatic rings. The fourth-order valence-corrected chi connectivity index (χ4v) is 2.79. The third-order valence-electron chi connectivity index (χ3n) is 3.58. The average molecular weight is 285 g/mol. The van der Waals surface area contributed by atoms with E-state index < -0.39 is 0 Å². The summed E-state index contributed by atoms with van der Waals surface area (Å²) in [7, 11) is 0. The molecule has 1 aliphatic heterocycles. The van der Waals surface area contributed by atoms with Gasteiger partial charge in [0, 0.05) is 18.1 Å². The number of benzene rings is 1. The summed E-state index contributed by atoms with van der Waals surface area (Å²) in [4.78, 5) is 2.52. The lowest BCUT2D eigenvalue weighted by molar-refractivity contribution is 0.282. The Morgan fingerprint density at radius 3 is 2.84 bits per heavy atom. The molecule has 1 unspecified atom stereocenters. The highest BCUT2D eigenvalue weighted by Gasteiger charge is 2.14. The van der Waals surface area contributed by atoms with Crippen molar-refractivity contribution in [1.82, 2.24) is 10.2 Å². The lowest BCUT2D eigenvalue weighted by Gasteiger charge is -2.20. The van der Waals surface area contributed by atoms with Crippen LogP contribution in [0.2, 0.25) is 5.02 Å². The monoisotopic (exact) mass is 284 g/mol. The van der Waals surface area contributed by atoms with Crippen LogP contribution in [0, 0.1) is 11.7 Å². The van der Waals surface area contributed by atoms with Gasteiger partial charge in [0.05, 0.1) is 0 Å². The van der Waals surface area contributed by atoms with E-state index in [-0.39, 0.29) is 5.82 Å². The Morgan fingerprint density at radius 1 is 1.37 bits per heavy atom. The normalized spacial score (nSPS) is 17.8. The molecule has 0 aromatic heterocycles. The molecule has 1 saturated heterocycles.